The highest BCUT2D eigenvalue weighted by molar-refractivity contribution is 5.24. The van der Waals surface area contributed by atoms with Crippen molar-refractivity contribution in [2.24, 2.45) is 5.92 Å². The fraction of sp³-hybridized carbons (Fsp3) is 0.444. The highest BCUT2D eigenvalue weighted by atomic mass is 19.2. The van der Waals surface area contributed by atoms with Crippen LogP contribution in [0.5, 0.6) is 0 Å². The summed E-state index contributed by atoms with van der Waals surface area (Å²) in [5.74, 6) is -1.71. The molecule has 0 saturated heterocycles. The van der Waals surface area contributed by atoms with Gasteiger partial charge in [-0.1, -0.05) is 0 Å². The van der Waals surface area contributed by atoms with Crippen molar-refractivity contribution in [3.05, 3.63) is 62.6 Å². The van der Waals surface area contributed by atoms with Gasteiger partial charge in [-0.25, -0.2) is 18.2 Å². The molecule has 132 valence electrons. The molecule has 2 aromatic rings. The van der Waals surface area contributed by atoms with Crippen molar-refractivity contribution in [2.45, 2.75) is 38.8 Å². The molecule has 0 atom stereocenters. The Hall–Kier alpha value is -2.15. The van der Waals surface area contributed by atoms with Crippen molar-refractivity contribution in [3.63, 3.8) is 0 Å². The molecule has 25 heavy (non-hydrogen) atoms. The lowest BCUT2D eigenvalue weighted by atomic mass is 10.0. The highest BCUT2D eigenvalue weighted by Gasteiger charge is 2.26. The number of hydrogen-bond acceptors (Lipinski definition) is 3. The number of fused-ring (bicyclic) bond motifs is 1. The normalized spacial score (nSPS) is 17.6. The predicted molar refractivity (Wildman–Crippen MR) is 85.4 cm³/mol. The van der Waals surface area contributed by atoms with Gasteiger partial charge in [0.25, 0.3) is 5.56 Å². The summed E-state index contributed by atoms with van der Waals surface area (Å²) in [5, 5.41) is 0. The van der Waals surface area contributed by atoms with E-state index in [1.54, 1.807) is 4.90 Å². The standard InChI is InChI=1S/C18H18F3N3O/c19-13-3-4-14(20)17(21)12(13)8-24-6-5-11-15(9-24)22-16(23-18(11)25)7-10-1-2-10/h3-4,10H,1-2,5-9H2,(H,22,23,25). The topological polar surface area (TPSA) is 49.0 Å². The van der Waals surface area contributed by atoms with Gasteiger partial charge in [0.2, 0.25) is 0 Å². The van der Waals surface area contributed by atoms with Gasteiger partial charge >= 0.3 is 0 Å². The quantitative estimate of drug-likeness (QED) is 0.864. The predicted octanol–water partition coefficient (Wildman–Crippen LogP) is 2.70. The first-order valence-electron chi connectivity index (χ1n) is 8.47. The first kappa shape index (κ1) is 16.3. The van der Waals surface area contributed by atoms with E-state index in [0.717, 1.165) is 31.4 Å². The molecule has 0 unspecified atom stereocenters. The number of H-pyrrole nitrogens is 1. The summed E-state index contributed by atoms with van der Waals surface area (Å²) in [6.45, 7) is 0.739. The zero-order valence-corrected chi connectivity index (χ0v) is 13.6. The van der Waals surface area contributed by atoms with Crippen molar-refractivity contribution in [2.75, 3.05) is 6.54 Å². The number of nitrogens with one attached hydrogen (secondary N) is 1. The van der Waals surface area contributed by atoms with Gasteiger partial charge in [0.1, 0.15) is 11.6 Å². The van der Waals surface area contributed by atoms with E-state index in [-0.39, 0.29) is 17.7 Å². The van der Waals surface area contributed by atoms with Gasteiger partial charge in [-0.15, -0.1) is 0 Å². The Morgan fingerprint density at radius 2 is 1.96 bits per heavy atom. The molecule has 1 aromatic carbocycles. The van der Waals surface area contributed by atoms with Gasteiger partial charge in [-0.3, -0.25) is 9.69 Å². The van der Waals surface area contributed by atoms with Crippen LogP contribution in [0.25, 0.3) is 0 Å². The third-order valence-corrected chi connectivity index (χ3v) is 4.90. The number of hydrogen-bond donors (Lipinski definition) is 1. The van der Waals surface area contributed by atoms with Crippen LogP contribution in [0.4, 0.5) is 13.2 Å². The van der Waals surface area contributed by atoms with E-state index in [2.05, 4.69) is 9.97 Å². The second-order valence-electron chi connectivity index (χ2n) is 6.87. The molecule has 0 amide bonds. The van der Waals surface area contributed by atoms with E-state index in [0.29, 0.717) is 42.5 Å². The van der Waals surface area contributed by atoms with E-state index in [9.17, 15) is 18.0 Å². The Bertz CT molecular complexity index is 877. The smallest absolute Gasteiger partial charge is 0.254 e. The zero-order valence-electron chi connectivity index (χ0n) is 13.6. The molecule has 0 bridgehead atoms. The van der Waals surface area contributed by atoms with E-state index >= 15 is 0 Å². The lowest BCUT2D eigenvalue weighted by molar-refractivity contribution is 0.232. The van der Waals surface area contributed by atoms with Crippen LogP contribution in [-0.4, -0.2) is 21.4 Å². The minimum absolute atomic E-state index is 0.0543. The average Bonchev–Trinajstić information content (AvgIpc) is 3.39. The van der Waals surface area contributed by atoms with Crippen LogP contribution < -0.4 is 5.56 Å². The van der Waals surface area contributed by atoms with Gasteiger partial charge in [0.15, 0.2) is 11.6 Å². The van der Waals surface area contributed by atoms with Gasteiger partial charge in [-0.2, -0.15) is 0 Å². The number of aromatic amines is 1. The Kier molecular flexibility index (Phi) is 4.11. The Morgan fingerprint density at radius 1 is 1.20 bits per heavy atom. The summed E-state index contributed by atoms with van der Waals surface area (Å²) in [7, 11) is 0. The second-order valence-corrected chi connectivity index (χ2v) is 6.87. The Morgan fingerprint density at radius 3 is 2.72 bits per heavy atom. The van der Waals surface area contributed by atoms with Gasteiger partial charge in [0.05, 0.1) is 5.69 Å². The van der Waals surface area contributed by atoms with E-state index in [1.807, 2.05) is 0 Å². The van der Waals surface area contributed by atoms with E-state index in [4.69, 9.17) is 0 Å². The number of aromatic nitrogens is 2. The van der Waals surface area contributed by atoms with Crippen LogP contribution in [0.3, 0.4) is 0 Å². The molecule has 1 fully saturated rings. The molecule has 1 aliphatic carbocycles. The van der Waals surface area contributed by atoms with Crippen LogP contribution in [-0.2, 0) is 25.9 Å². The van der Waals surface area contributed by atoms with Crippen LogP contribution in [0.2, 0.25) is 0 Å². The maximum Gasteiger partial charge on any atom is 0.254 e. The summed E-state index contributed by atoms with van der Waals surface area (Å²) in [5.41, 5.74) is 0.883. The zero-order chi connectivity index (χ0) is 17.6. The average molecular weight is 349 g/mol. The maximum absolute atomic E-state index is 13.9. The summed E-state index contributed by atoms with van der Waals surface area (Å²) in [6, 6.07) is 1.72. The Balaban J connectivity index is 1.57. The molecule has 4 rings (SSSR count). The first-order valence-corrected chi connectivity index (χ1v) is 8.47. The molecule has 7 heteroatoms. The minimum Gasteiger partial charge on any atom is -0.310 e. The van der Waals surface area contributed by atoms with Gasteiger partial charge in [-0.05, 0) is 37.3 Å². The number of halogens is 3. The molecule has 1 saturated carbocycles. The SMILES string of the molecule is O=c1[nH]c(CC2CC2)nc2c1CCN(Cc1c(F)ccc(F)c1F)C2. The molecule has 1 aliphatic heterocycles. The van der Waals surface area contributed by atoms with Gasteiger partial charge < -0.3 is 4.98 Å². The molecule has 1 aromatic heterocycles. The summed E-state index contributed by atoms with van der Waals surface area (Å²) in [6.07, 6.45) is 3.53. The first-order chi connectivity index (χ1) is 12.0. The van der Waals surface area contributed by atoms with Crippen molar-refractivity contribution in [3.8, 4) is 0 Å². The molecule has 2 aliphatic rings. The molecule has 4 nitrogen and oxygen atoms in total. The van der Waals surface area contributed by atoms with E-state index in [1.165, 1.54) is 0 Å². The van der Waals surface area contributed by atoms with Crippen molar-refractivity contribution >= 4 is 0 Å². The number of rotatable bonds is 4. The molecule has 2 heterocycles. The highest BCUT2D eigenvalue weighted by Crippen LogP contribution is 2.31. The third kappa shape index (κ3) is 3.33. The fourth-order valence-electron chi connectivity index (χ4n) is 3.31. The summed E-state index contributed by atoms with van der Waals surface area (Å²) < 4.78 is 41.1. The van der Waals surface area contributed by atoms with Crippen LogP contribution in [0, 0.1) is 23.4 Å². The lowest BCUT2D eigenvalue weighted by Crippen LogP contribution is -2.36. The fourth-order valence-corrected chi connectivity index (χ4v) is 3.31. The Labute approximate surface area is 142 Å². The van der Waals surface area contributed by atoms with Crippen LogP contribution in [0.1, 0.15) is 35.5 Å². The van der Waals surface area contributed by atoms with E-state index < -0.39 is 17.5 Å². The van der Waals surface area contributed by atoms with Crippen molar-refractivity contribution in [1.29, 1.82) is 0 Å². The molecular formula is C18H18F3N3O. The second kappa shape index (κ2) is 6.29. The number of benzene rings is 1. The molecule has 1 N–H and O–H groups in total. The summed E-state index contributed by atoms with van der Waals surface area (Å²) >= 11 is 0. The van der Waals surface area contributed by atoms with Crippen LogP contribution in [0.15, 0.2) is 16.9 Å². The van der Waals surface area contributed by atoms with Crippen molar-refractivity contribution in [1.82, 2.24) is 14.9 Å². The molecule has 0 spiro atoms. The largest absolute Gasteiger partial charge is 0.310 e. The minimum atomic E-state index is -1.15. The van der Waals surface area contributed by atoms with Crippen molar-refractivity contribution < 1.29 is 13.2 Å². The van der Waals surface area contributed by atoms with Crippen LogP contribution >= 0.6 is 0 Å². The monoisotopic (exact) mass is 349 g/mol. The summed E-state index contributed by atoms with van der Waals surface area (Å²) in [4.78, 5) is 21.4. The third-order valence-electron chi connectivity index (χ3n) is 4.90. The van der Waals surface area contributed by atoms with Gasteiger partial charge in [0, 0.05) is 37.2 Å². The maximum atomic E-state index is 13.9. The molecular weight excluding hydrogens is 331 g/mol. The lowest BCUT2D eigenvalue weighted by Gasteiger charge is -2.28. The molecule has 0 radical (unpaired) electrons. The number of nitrogens with zero attached hydrogens (tertiary/aromatic N) is 2.